The summed E-state index contributed by atoms with van der Waals surface area (Å²) in [5.74, 6) is -8.01. The van der Waals surface area contributed by atoms with Crippen LogP contribution < -0.4 is 16.4 Å². The van der Waals surface area contributed by atoms with Gasteiger partial charge >= 0.3 is 0 Å². The Kier molecular flexibility index (Phi) is 7.83. The first-order chi connectivity index (χ1) is 15.6. The predicted molar refractivity (Wildman–Crippen MR) is 115 cm³/mol. The van der Waals surface area contributed by atoms with Crippen molar-refractivity contribution in [2.24, 2.45) is 5.73 Å². The van der Waals surface area contributed by atoms with Crippen molar-refractivity contribution in [1.82, 2.24) is 15.5 Å². The number of hydrogen-bond donors (Lipinski definition) is 5. The lowest BCUT2D eigenvalue weighted by molar-refractivity contribution is -0.140. The third-order valence-electron chi connectivity index (χ3n) is 6.40. The lowest BCUT2D eigenvalue weighted by Gasteiger charge is -2.30. The minimum atomic E-state index is -1.68. The van der Waals surface area contributed by atoms with Crippen LogP contribution in [-0.2, 0) is 16.1 Å². The number of aromatic hydroxyl groups is 1. The molecule has 0 bridgehead atoms. The molecule has 1 heterocycles. The minimum absolute atomic E-state index is 0.218. The highest BCUT2D eigenvalue weighted by Gasteiger charge is 2.37. The predicted octanol–water partition coefficient (Wildman–Crippen LogP) is 2.01. The van der Waals surface area contributed by atoms with E-state index in [1.807, 2.05) is 0 Å². The number of benzene rings is 1. The van der Waals surface area contributed by atoms with Gasteiger partial charge in [-0.25, -0.2) is 13.2 Å². The molecule has 1 aliphatic heterocycles. The van der Waals surface area contributed by atoms with Gasteiger partial charge in [-0.15, -0.1) is 0 Å². The maximum absolute atomic E-state index is 14.4. The van der Waals surface area contributed by atoms with E-state index < -0.39 is 64.7 Å². The second kappa shape index (κ2) is 10.4. The van der Waals surface area contributed by atoms with Crippen molar-refractivity contribution in [3.8, 4) is 5.75 Å². The number of carbonyl (C=O) groups excluding carboxylic acids is 2. The zero-order valence-corrected chi connectivity index (χ0v) is 18.5. The lowest BCUT2D eigenvalue weighted by atomic mass is 9.95. The normalized spacial score (nSPS) is 20.0. The number of nitrogen functional groups attached to an aromatic ring is 1. The molecule has 2 atom stereocenters. The van der Waals surface area contributed by atoms with Gasteiger partial charge in [-0.05, 0) is 32.6 Å². The number of hydrogen-bond acceptors (Lipinski definition) is 5. The van der Waals surface area contributed by atoms with Crippen LogP contribution in [0.1, 0.15) is 63.0 Å². The van der Waals surface area contributed by atoms with E-state index in [9.17, 15) is 27.9 Å². The average molecular weight is 470 g/mol. The monoisotopic (exact) mass is 469 g/mol. The van der Waals surface area contributed by atoms with Crippen LogP contribution in [0.2, 0.25) is 0 Å². The number of phenolic OH excluding ortho intramolecular Hbond substituents is 1. The van der Waals surface area contributed by atoms with Gasteiger partial charge in [0.2, 0.25) is 11.8 Å². The number of rotatable bonds is 7. The van der Waals surface area contributed by atoms with Gasteiger partial charge in [0.25, 0.3) is 0 Å². The second-order valence-electron chi connectivity index (χ2n) is 8.69. The maximum atomic E-state index is 14.4. The van der Waals surface area contributed by atoms with Gasteiger partial charge in [-0.2, -0.15) is 0 Å². The fourth-order valence-corrected chi connectivity index (χ4v) is 4.64. The molecule has 0 spiro atoms. The number of halogens is 3. The first-order valence-electron chi connectivity index (χ1n) is 11.2. The first-order valence-corrected chi connectivity index (χ1v) is 11.2. The summed E-state index contributed by atoms with van der Waals surface area (Å²) in [7, 11) is 0. The number of phenols is 1. The summed E-state index contributed by atoms with van der Waals surface area (Å²) in [6.07, 6.45) is 6.42. The summed E-state index contributed by atoms with van der Waals surface area (Å²) in [4.78, 5) is 27.1. The molecule has 3 rings (SSSR count). The average Bonchev–Trinajstić information content (AvgIpc) is 3.27. The number of likely N-dealkylation sites (tertiary alicyclic amines) is 1. The second-order valence-corrected chi connectivity index (χ2v) is 8.69. The number of nitrogens with zero attached hydrogens (tertiary/aromatic N) is 1. The highest BCUT2D eigenvalue weighted by Crippen LogP contribution is 2.30. The summed E-state index contributed by atoms with van der Waals surface area (Å²) in [5.41, 5.74) is 3.10. The molecule has 1 aromatic carbocycles. The summed E-state index contributed by atoms with van der Waals surface area (Å²) >= 11 is 0. The van der Waals surface area contributed by atoms with Gasteiger partial charge in [-0.1, -0.05) is 19.3 Å². The minimum Gasteiger partial charge on any atom is -0.504 e. The molecule has 1 saturated heterocycles. The summed E-state index contributed by atoms with van der Waals surface area (Å²) in [5, 5.41) is 22.6. The van der Waals surface area contributed by atoms with Crippen LogP contribution >= 0.6 is 0 Å². The highest BCUT2D eigenvalue weighted by atomic mass is 19.2. The molecule has 33 heavy (non-hydrogen) atoms. The molecule has 2 fully saturated rings. The van der Waals surface area contributed by atoms with Crippen molar-refractivity contribution < 1.29 is 27.9 Å². The van der Waals surface area contributed by atoms with Gasteiger partial charge in [0, 0.05) is 24.7 Å². The third-order valence-corrected chi connectivity index (χ3v) is 6.40. The van der Waals surface area contributed by atoms with Gasteiger partial charge < -0.3 is 26.4 Å². The van der Waals surface area contributed by atoms with E-state index in [0.717, 1.165) is 25.7 Å². The molecule has 11 heteroatoms. The number of carbonyl (C=O) groups is 2. The van der Waals surface area contributed by atoms with Crippen molar-refractivity contribution in [1.29, 1.82) is 5.41 Å². The summed E-state index contributed by atoms with van der Waals surface area (Å²) in [6, 6.07) is -1.02. The quantitative estimate of drug-likeness (QED) is 0.237. The largest absolute Gasteiger partial charge is 0.504 e. The smallest absolute Gasteiger partial charge is 0.243 e. The number of nitrogens with two attached hydrogens (primary N) is 1. The molecule has 0 radical (unpaired) electrons. The molecule has 0 unspecified atom stereocenters. The number of amidine groups is 1. The summed E-state index contributed by atoms with van der Waals surface area (Å²) < 4.78 is 42.8. The fourth-order valence-electron chi connectivity index (χ4n) is 4.64. The molecular weight excluding hydrogens is 439 g/mol. The third kappa shape index (κ3) is 5.23. The zero-order chi connectivity index (χ0) is 24.3. The van der Waals surface area contributed by atoms with Crippen molar-refractivity contribution in [3.05, 3.63) is 28.6 Å². The Hall–Kier alpha value is -2.82. The van der Waals surface area contributed by atoms with Crippen molar-refractivity contribution >= 4 is 17.6 Å². The van der Waals surface area contributed by atoms with Crippen molar-refractivity contribution in [2.75, 3.05) is 6.54 Å². The SMILES string of the molecule is C[C@@H](NC1CCCCC1)C(=O)N1CCC[C@H]1C(=O)NCc1c(F)c(O)c(C(=N)N)c(F)c1F. The van der Waals surface area contributed by atoms with Gasteiger partial charge in [0.15, 0.2) is 23.2 Å². The van der Waals surface area contributed by atoms with Crippen LogP contribution in [0.4, 0.5) is 13.2 Å². The number of nitrogens with one attached hydrogen (secondary N) is 3. The zero-order valence-electron chi connectivity index (χ0n) is 18.5. The van der Waals surface area contributed by atoms with Crippen LogP contribution in [-0.4, -0.2) is 52.3 Å². The van der Waals surface area contributed by atoms with E-state index in [0.29, 0.717) is 19.4 Å². The molecule has 182 valence electrons. The van der Waals surface area contributed by atoms with E-state index in [1.165, 1.54) is 11.3 Å². The van der Waals surface area contributed by atoms with E-state index in [-0.39, 0.29) is 11.9 Å². The molecule has 1 saturated carbocycles. The van der Waals surface area contributed by atoms with E-state index in [2.05, 4.69) is 10.6 Å². The van der Waals surface area contributed by atoms with Gasteiger partial charge in [-0.3, -0.25) is 15.0 Å². The Morgan fingerprint density at radius 1 is 1.12 bits per heavy atom. The first kappa shape index (κ1) is 24.8. The molecule has 0 aromatic heterocycles. The van der Waals surface area contributed by atoms with Gasteiger partial charge in [0.1, 0.15) is 11.9 Å². The highest BCUT2D eigenvalue weighted by molar-refractivity contribution is 5.98. The van der Waals surface area contributed by atoms with Crippen LogP contribution in [0.25, 0.3) is 0 Å². The summed E-state index contributed by atoms with van der Waals surface area (Å²) in [6.45, 7) is 1.41. The Balaban J connectivity index is 1.66. The molecule has 2 amide bonds. The molecule has 1 aliphatic carbocycles. The standard InChI is InChI=1S/C22H30F3N5O3/c1-11(29-12-6-3-2-4-7-12)22(33)30-9-5-8-14(30)21(32)28-10-13-16(23)18(25)15(20(26)27)19(31)17(13)24/h11-12,14,29,31H,2-10H2,1H3,(H3,26,27)(H,28,32)/t11-,14+/m1/s1. The van der Waals surface area contributed by atoms with E-state index in [4.69, 9.17) is 11.1 Å². The Bertz CT molecular complexity index is 907. The van der Waals surface area contributed by atoms with E-state index in [1.54, 1.807) is 6.92 Å². The van der Waals surface area contributed by atoms with Crippen molar-refractivity contribution in [2.45, 2.75) is 76.5 Å². The van der Waals surface area contributed by atoms with Crippen LogP contribution in [0, 0.1) is 22.9 Å². The Labute approximate surface area is 190 Å². The number of amides is 2. The molecule has 1 aromatic rings. The lowest BCUT2D eigenvalue weighted by Crippen LogP contribution is -2.53. The Morgan fingerprint density at radius 3 is 2.42 bits per heavy atom. The maximum Gasteiger partial charge on any atom is 0.243 e. The van der Waals surface area contributed by atoms with Gasteiger partial charge in [0.05, 0.1) is 11.6 Å². The van der Waals surface area contributed by atoms with Crippen LogP contribution in [0.3, 0.4) is 0 Å². The van der Waals surface area contributed by atoms with Crippen molar-refractivity contribution in [3.63, 3.8) is 0 Å². The van der Waals surface area contributed by atoms with Crippen LogP contribution in [0.15, 0.2) is 0 Å². The molecule has 6 N–H and O–H groups in total. The fraction of sp³-hybridized carbons (Fsp3) is 0.591. The van der Waals surface area contributed by atoms with Crippen LogP contribution in [0.5, 0.6) is 5.75 Å². The van der Waals surface area contributed by atoms with E-state index >= 15 is 0 Å². The molecule has 8 nitrogen and oxygen atoms in total. The molecule has 2 aliphatic rings. The Morgan fingerprint density at radius 2 is 1.79 bits per heavy atom. The topological polar surface area (TPSA) is 132 Å². The molecular formula is C22H30F3N5O3.